The van der Waals surface area contributed by atoms with Crippen LogP contribution in [0.5, 0.6) is 0 Å². The molecule has 2 aromatic carbocycles. The standard InChI is InChI=1S/C16H15Cl2N/c1-9-3-4-11-7-15(19-16(11)10(9)2)13-8-12(17)5-6-14(13)18/h3-6,8,15,19H,7H2,1-2H3. The van der Waals surface area contributed by atoms with Gasteiger partial charge in [0.2, 0.25) is 0 Å². The molecule has 1 heterocycles. The highest BCUT2D eigenvalue weighted by atomic mass is 35.5. The first-order chi connectivity index (χ1) is 9.06. The number of hydrogen-bond donors (Lipinski definition) is 1. The summed E-state index contributed by atoms with van der Waals surface area (Å²) in [5, 5.41) is 5.08. The molecule has 2 aromatic rings. The molecule has 0 spiro atoms. The molecule has 0 radical (unpaired) electrons. The van der Waals surface area contributed by atoms with Gasteiger partial charge in [0.1, 0.15) is 0 Å². The van der Waals surface area contributed by atoms with Gasteiger partial charge < -0.3 is 5.32 Å². The maximum Gasteiger partial charge on any atom is 0.0570 e. The second-order valence-corrected chi connectivity index (χ2v) is 5.95. The summed E-state index contributed by atoms with van der Waals surface area (Å²) >= 11 is 12.4. The van der Waals surface area contributed by atoms with Crippen molar-refractivity contribution in [3.63, 3.8) is 0 Å². The lowest BCUT2D eigenvalue weighted by molar-refractivity contribution is 0.824. The van der Waals surface area contributed by atoms with Crippen molar-refractivity contribution in [1.29, 1.82) is 0 Å². The fourth-order valence-electron chi connectivity index (χ4n) is 2.66. The van der Waals surface area contributed by atoms with Gasteiger partial charge in [0.15, 0.2) is 0 Å². The average Bonchev–Trinajstić information content (AvgIpc) is 2.81. The molecule has 98 valence electrons. The highest BCUT2D eigenvalue weighted by Crippen LogP contribution is 2.40. The van der Waals surface area contributed by atoms with Gasteiger partial charge in [0.05, 0.1) is 6.04 Å². The molecule has 0 aromatic heterocycles. The number of benzene rings is 2. The predicted molar refractivity (Wildman–Crippen MR) is 82.4 cm³/mol. The Kier molecular flexibility index (Phi) is 3.20. The fourth-order valence-corrected chi connectivity index (χ4v) is 3.09. The number of hydrogen-bond acceptors (Lipinski definition) is 1. The van der Waals surface area contributed by atoms with E-state index in [1.54, 1.807) is 0 Å². The largest absolute Gasteiger partial charge is 0.377 e. The zero-order valence-electron chi connectivity index (χ0n) is 10.9. The van der Waals surface area contributed by atoms with Gasteiger partial charge in [0, 0.05) is 15.7 Å². The molecule has 0 saturated carbocycles. The molecule has 0 fully saturated rings. The maximum absolute atomic E-state index is 6.29. The van der Waals surface area contributed by atoms with E-state index in [0.29, 0.717) is 0 Å². The summed E-state index contributed by atoms with van der Waals surface area (Å²) < 4.78 is 0. The maximum atomic E-state index is 6.29. The Balaban J connectivity index is 2.00. The van der Waals surface area contributed by atoms with E-state index < -0.39 is 0 Å². The van der Waals surface area contributed by atoms with Crippen molar-refractivity contribution in [3.8, 4) is 0 Å². The van der Waals surface area contributed by atoms with Crippen LogP contribution in [0.4, 0.5) is 5.69 Å². The van der Waals surface area contributed by atoms with Crippen molar-refractivity contribution in [3.05, 3.63) is 62.6 Å². The van der Waals surface area contributed by atoms with E-state index in [0.717, 1.165) is 22.0 Å². The van der Waals surface area contributed by atoms with Gasteiger partial charge in [-0.2, -0.15) is 0 Å². The van der Waals surface area contributed by atoms with E-state index in [9.17, 15) is 0 Å². The molecule has 3 heteroatoms. The van der Waals surface area contributed by atoms with Crippen molar-refractivity contribution in [1.82, 2.24) is 0 Å². The number of rotatable bonds is 1. The highest BCUT2D eigenvalue weighted by molar-refractivity contribution is 6.33. The molecular formula is C16H15Cl2N. The van der Waals surface area contributed by atoms with Crippen LogP contribution in [-0.4, -0.2) is 0 Å². The topological polar surface area (TPSA) is 12.0 Å². The van der Waals surface area contributed by atoms with Gasteiger partial charge in [0.25, 0.3) is 0 Å². The molecule has 1 aliphatic heterocycles. The molecule has 0 amide bonds. The van der Waals surface area contributed by atoms with Crippen LogP contribution in [0, 0.1) is 13.8 Å². The minimum Gasteiger partial charge on any atom is -0.377 e. The number of aryl methyl sites for hydroxylation is 1. The molecule has 1 unspecified atom stereocenters. The minimum absolute atomic E-state index is 0.210. The van der Waals surface area contributed by atoms with E-state index in [1.165, 1.54) is 22.4 Å². The third-order valence-corrected chi connectivity index (χ3v) is 4.48. The molecule has 1 atom stereocenters. The minimum atomic E-state index is 0.210. The third-order valence-electron chi connectivity index (χ3n) is 3.90. The van der Waals surface area contributed by atoms with E-state index in [1.807, 2.05) is 18.2 Å². The van der Waals surface area contributed by atoms with E-state index in [4.69, 9.17) is 23.2 Å². The summed E-state index contributed by atoms with van der Waals surface area (Å²) in [4.78, 5) is 0. The first kappa shape index (κ1) is 12.8. The highest BCUT2D eigenvalue weighted by Gasteiger charge is 2.25. The molecule has 0 aliphatic carbocycles. The van der Waals surface area contributed by atoms with Gasteiger partial charge in [-0.3, -0.25) is 0 Å². The SMILES string of the molecule is Cc1ccc2c(c1C)NC(c1cc(Cl)ccc1Cl)C2. The quantitative estimate of drug-likeness (QED) is 0.750. The Hall–Kier alpha value is -1.18. The zero-order valence-corrected chi connectivity index (χ0v) is 12.4. The van der Waals surface area contributed by atoms with Crippen molar-refractivity contribution < 1.29 is 0 Å². The smallest absolute Gasteiger partial charge is 0.0570 e. The fraction of sp³-hybridized carbons (Fsp3) is 0.250. The van der Waals surface area contributed by atoms with Crippen LogP contribution in [0.15, 0.2) is 30.3 Å². The monoisotopic (exact) mass is 291 g/mol. The Bertz CT molecular complexity index is 649. The second-order valence-electron chi connectivity index (χ2n) is 5.11. The molecular weight excluding hydrogens is 277 g/mol. The second kappa shape index (κ2) is 4.73. The lowest BCUT2D eigenvalue weighted by atomic mass is 10.0. The van der Waals surface area contributed by atoms with E-state index in [-0.39, 0.29) is 6.04 Å². The van der Waals surface area contributed by atoms with Crippen molar-refractivity contribution in [2.24, 2.45) is 0 Å². The van der Waals surface area contributed by atoms with Crippen LogP contribution in [0.1, 0.15) is 28.3 Å². The van der Waals surface area contributed by atoms with Gasteiger partial charge in [-0.15, -0.1) is 0 Å². The lowest BCUT2D eigenvalue weighted by Crippen LogP contribution is -2.06. The summed E-state index contributed by atoms with van der Waals surface area (Å²) in [6.07, 6.45) is 0.955. The van der Waals surface area contributed by atoms with Crippen LogP contribution >= 0.6 is 23.2 Å². The first-order valence-corrected chi connectivity index (χ1v) is 7.12. The van der Waals surface area contributed by atoms with Crippen molar-refractivity contribution in [2.75, 3.05) is 5.32 Å². The summed E-state index contributed by atoms with van der Waals surface area (Å²) in [5.41, 5.74) is 6.30. The van der Waals surface area contributed by atoms with Gasteiger partial charge >= 0.3 is 0 Å². The molecule has 1 N–H and O–H groups in total. The van der Waals surface area contributed by atoms with Crippen LogP contribution in [0.25, 0.3) is 0 Å². The summed E-state index contributed by atoms with van der Waals surface area (Å²) in [6.45, 7) is 4.29. The normalized spacial score (nSPS) is 17.2. The molecule has 19 heavy (non-hydrogen) atoms. The Morgan fingerprint density at radius 2 is 1.89 bits per heavy atom. The van der Waals surface area contributed by atoms with Gasteiger partial charge in [-0.1, -0.05) is 35.3 Å². The Morgan fingerprint density at radius 1 is 1.11 bits per heavy atom. The van der Waals surface area contributed by atoms with Crippen LogP contribution < -0.4 is 5.32 Å². The van der Waals surface area contributed by atoms with E-state index in [2.05, 4.69) is 31.3 Å². The van der Waals surface area contributed by atoms with Gasteiger partial charge in [-0.25, -0.2) is 0 Å². The third kappa shape index (κ3) is 2.22. The molecule has 1 aliphatic rings. The van der Waals surface area contributed by atoms with Crippen molar-refractivity contribution >= 4 is 28.9 Å². The van der Waals surface area contributed by atoms with Crippen LogP contribution in [0.2, 0.25) is 10.0 Å². The van der Waals surface area contributed by atoms with Crippen LogP contribution in [0.3, 0.4) is 0 Å². The van der Waals surface area contributed by atoms with E-state index >= 15 is 0 Å². The number of fused-ring (bicyclic) bond motifs is 1. The number of halogens is 2. The zero-order chi connectivity index (χ0) is 13.6. The van der Waals surface area contributed by atoms with Crippen LogP contribution in [-0.2, 0) is 6.42 Å². The lowest BCUT2D eigenvalue weighted by Gasteiger charge is -2.15. The van der Waals surface area contributed by atoms with Crippen molar-refractivity contribution in [2.45, 2.75) is 26.3 Å². The molecule has 1 nitrogen and oxygen atoms in total. The van der Waals surface area contributed by atoms with Gasteiger partial charge in [-0.05, 0) is 60.7 Å². The summed E-state index contributed by atoms with van der Waals surface area (Å²) in [7, 11) is 0. The molecule has 0 bridgehead atoms. The Labute approximate surface area is 123 Å². The number of nitrogens with one attached hydrogen (secondary N) is 1. The Morgan fingerprint density at radius 3 is 2.68 bits per heavy atom. The molecule has 3 rings (SSSR count). The first-order valence-electron chi connectivity index (χ1n) is 6.37. The summed E-state index contributed by atoms with van der Waals surface area (Å²) in [6, 6.07) is 10.2. The predicted octanol–water partition coefficient (Wildman–Crippen LogP) is 5.32. The average molecular weight is 292 g/mol. The molecule has 0 saturated heterocycles. The summed E-state index contributed by atoms with van der Waals surface area (Å²) in [5.74, 6) is 0. The number of anilines is 1.